The molecule has 76 valence electrons. The van der Waals surface area contributed by atoms with Gasteiger partial charge in [0.15, 0.2) is 0 Å². The first-order valence-corrected chi connectivity index (χ1v) is 4.54. The molecule has 1 N–H and O–H groups in total. The third-order valence-corrected chi connectivity index (χ3v) is 2.55. The van der Waals surface area contributed by atoms with E-state index in [9.17, 15) is 4.79 Å². The maximum Gasteiger partial charge on any atom is 0.328 e. The summed E-state index contributed by atoms with van der Waals surface area (Å²) >= 11 is 0. The molecule has 0 radical (unpaired) electrons. The molecule has 1 rings (SSSR count). The summed E-state index contributed by atoms with van der Waals surface area (Å²) in [5, 5.41) is 3.18. The highest BCUT2D eigenvalue weighted by Gasteiger charge is 2.44. The molecule has 1 unspecified atom stereocenters. The number of rotatable bonds is 2. The molecule has 0 aromatic carbocycles. The van der Waals surface area contributed by atoms with Gasteiger partial charge in [-0.2, -0.15) is 0 Å². The van der Waals surface area contributed by atoms with Gasteiger partial charge in [-0.25, -0.2) is 4.79 Å². The normalized spacial score (nSPS) is 28.9. The summed E-state index contributed by atoms with van der Waals surface area (Å²) in [6, 6.07) is 0. The number of carbonyl (C=O) groups is 1. The van der Waals surface area contributed by atoms with Crippen LogP contribution in [-0.2, 0) is 14.3 Å². The van der Waals surface area contributed by atoms with Gasteiger partial charge >= 0.3 is 5.97 Å². The molecular formula is C9H17NO3. The summed E-state index contributed by atoms with van der Waals surface area (Å²) in [6.45, 7) is 5.73. The van der Waals surface area contributed by atoms with Crippen molar-refractivity contribution in [3.05, 3.63) is 0 Å². The van der Waals surface area contributed by atoms with Crippen LogP contribution in [0.25, 0.3) is 0 Å². The molecule has 0 aliphatic carbocycles. The standard InChI is InChI=1S/C9H17NO3/c1-7(2)9(8(11)12-3)6-13-5-4-10-9/h7,10H,4-6H2,1-3H3. The Morgan fingerprint density at radius 2 is 2.31 bits per heavy atom. The molecule has 1 aliphatic rings. The Hall–Kier alpha value is -0.610. The van der Waals surface area contributed by atoms with Crippen LogP contribution in [0.15, 0.2) is 0 Å². The molecule has 0 amide bonds. The minimum Gasteiger partial charge on any atom is -0.468 e. The molecule has 1 heterocycles. The first-order chi connectivity index (χ1) is 6.13. The zero-order chi connectivity index (χ0) is 9.90. The van der Waals surface area contributed by atoms with E-state index in [2.05, 4.69) is 5.32 Å². The van der Waals surface area contributed by atoms with Crippen molar-refractivity contribution in [2.45, 2.75) is 19.4 Å². The summed E-state index contributed by atoms with van der Waals surface area (Å²) in [6.07, 6.45) is 0. The van der Waals surface area contributed by atoms with Crippen molar-refractivity contribution in [3.63, 3.8) is 0 Å². The van der Waals surface area contributed by atoms with Crippen LogP contribution < -0.4 is 5.32 Å². The van der Waals surface area contributed by atoms with Gasteiger partial charge in [-0.05, 0) is 5.92 Å². The Morgan fingerprint density at radius 3 is 2.69 bits per heavy atom. The number of carbonyl (C=O) groups excluding carboxylic acids is 1. The fourth-order valence-electron chi connectivity index (χ4n) is 1.55. The molecule has 13 heavy (non-hydrogen) atoms. The van der Waals surface area contributed by atoms with Crippen molar-refractivity contribution < 1.29 is 14.3 Å². The van der Waals surface area contributed by atoms with Crippen molar-refractivity contribution >= 4 is 5.97 Å². The second-order valence-corrected chi connectivity index (χ2v) is 3.60. The van der Waals surface area contributed by atoms with Gasteiger partial charge in [0.1, 0.15) is 5.54 Å². The first kappa shape index (κ1) is 10.5. The van der Waals surface area contributed by atoms with E-state index in [1.54, 1.807) is 0 Å². The van der Waals surface area contributed by atoms with Gasteiger partial charge in [-0.3, -0.25) is 5.32 Å². The first-order valence-electron chi connectivity index (χ1n) is 4.54. The number of nitrogens with one attached hydrogen (secondary N) is 1. The number of morpholine rings is 1. The zero-order valence-electron chi connectivity index (χ0n) is 8.42. The van der Waals surface area contributed by atoms with Gasteiger partial charge in [0.2, 0.25) is 0 Å². The number of ether oxygens (including phenoxy) is 2. The quantitative estimate of drug-likeness (QED) is 0.626. The summed E-state index contributed by atoms with van der Waals surface area (Å²) in [5.74, 6) is -0.0672. The van der Waals surface area contributed by atoms with Crippen molar-refractivity contribution in [3.8, 4) is 0 Å². The van der Waals surface area contributed by atoms with E-state index in [0.717, 1.165) is 0 Å². The molecule has 1 fully saturated rings. The maximum absolute atomic E-state index is 11.6. The predicted molar refractivity (Wildman–Crippen MR) is 48.4 cm³/mol. The summed E-state index contributed by atoms with van der Waals surface area (Å²) < 4.78 is 10.1. The predicted octanol–water partition coefficient (Wildman–Crippen LogP) is 0.174. The SMILES string of the molecule is COC(=O)C1(C(C)C)COCCN1. The van der Waals surface area contributed by atoms with E-state index in [-0.39, 0.29) is 11.9 Å². The van der Waals surface area contributed by atoms with Crippen LogP contribution >= 0.6 is 0 Å². The maximum atomic E-state index is 11.6. The highest BCUT2D eigenvalue weighted by Crippen LogP contribution is 2.21. The topological polar surface area (TPSA) is 47.6 Å². The van der Waals surface area contributed by atoms with Crippen LogP contribution in [0.5, 0.6) is 0 Å². The van der Waals surface area contributed by atoms with Crippen molar-refractivity contribution in [1.82, 2.24) is 5.32 Å². The van der Waals surface area contributed by atoms with E-state index >= 15 is 0 Å². The van der Waals surface area contributed by atoms with Gasteiger partial charge in [-0.1, -0.05) is 13.8 Å². The van der Waals surface area contributed by atoms with Gasteiger partial charge in [0, 0.05) is 6.54 Å². The van der Waals surface area contributed by atoms with Crippen LogP contribution in [0, 0.1) is 5.92 Å². The molecule has 0 spiro atoms. The van der Waals surface area contributed by atoms with E-state index in [1.165, 1.54) is 7.11 Å². The number of methoxy groups -OCH3 is 1. The molecule has 4 nitrogen and oxygen atoms in total. The summed E-state index contributed by atoms with van der Waals surface area (Å²) in [4.78, 5) is 11.6. The van der Waals surface area contributed by atoms with Gasteiger partial charge in [0.25, 0.3) is 0 Å². The summed E-state index contributed by atoms with van der Waals surface area (Å²) in [5.41, 5.74) is -0.646. The molecule has 0 aromatic rings. The Balaban J connectivity index is 2.79. The fraction of sp³-hybridized carbons (Fsp3) is 0.889. The Bertz CT molecular complexity index is 185. The van der Waals surface area contributed by atoms with Gasteiger partial charge in [0.05, 0.1) is 20.3 Å². The molecule has 4 heteroatoms. The Kier molecular flexibility index (Phi) is 3.27. The Labute approximate surface area is 78.6 Å². The minimum absolute atomic E-state index is 0.167. The van der Waals surface area contributed by atoms with Crippen LogP contribution in [0.3, 0.4) is 0 Å². The van der Waals surface area contributed by atoms with Gasteiger partial charge < -0.3 is 9.47 Å². The van der Waals surface area contributed by atoms with Crippen molar-refractivity contribution in [2.75, 3.05) is 26.9 Å². The monoisotopic (exact) mass is 187 g/mol. The molecule has 0 aromatic heterocycles. The van der Waals surface area contributed by atoms with Crippen LogP contribution in [0.1, 0.15) is 13.8 Å². The number of esters is 1. The lowest BCUT2D eigenvalue weighted by Crippen LogP contribution is -2.63. The third kappa shape index (κ3) is 1.84. The second-order valence-electron chi connectivity index (χ2n) is 3.60. The molecule has 1 atom stereocenters. The van der Waals surface area contributed by atoms with Crippen molar-refractivity contribution in [2.24, 2.45) is 5.92 Å². The fourth-order valence-corrected chi connectivity index (χ4v) is 1.55. The number of hydrogen-bond acceptors (Lipinski definition) is 4. The van der Waals surface area contributed by atoms with Crippen LogP contribution in [0.2, 0.25) is 0 Å². The smallest absolute Gasteiger partial charge is 0.328 e. The lowest BCUT2D eigenvalue weighted by molar-refractivity contribution is -0.157. The van der Waals surface area contributed by atoms with E-state index in [1.807, 2.05) is 13.8 Å². The second kappa shape index (κ2) is 4.07. The highest BCUT2D eigenvalue weighted by molar-refractivity contribution is 5.81. The van der Waals surface area contributed by atoms with E-state index < -0.39 is 5.54 Å². The van der Waals surface area contributed by atoms with E-state index in [4.69, 9.17) is 9.47 Å². The molecule has 1 aliphatic heterocycles. The average Bonchev–Trinajstić information content (AvgIpc) is 2.17. The van der Waals surface area contributed by atoms with E-state index in [0.29, 0.717) is 19.8 Å². The Morgan fingerprint density at radius 1 is 1.62 bits per heavy atom. The largest absolute Gasteiger partial charge is 0.468 e. The lowest BCUT2D eigenvalue weighted by atomic mass is 9.86. The number of hydrogen-bond donors (Lipinski definition) is 1. The third-order valence-electron chi connectivity index (χ3n) is 2.55. The molecular weight excluding hydrogens is 170 g/mol. The van der Waals surface area contributed by atoms with Gasteiger partial charge in [-0.15, -0.1) is 0 Å². The molecule has 1 saturated heterocycles. The summed E-state index contributed by atoms with van der Waals surface area (Å²) in [7, 11) is 1.41. The van der Waals surface area contributed by atoms with Crippen LogP contribution in [0.4, 0.5) is 0 Å². The average molecular weight is 187 g/mol. The zero-order valence-corrected chi connectivity index (χ0v) is 8.42. The molecule has 0 bridgehead atoms. The highest BCUT2D eigenvalue weighted by atomic mass is 16.5. The lowest BCUT2D eigenvalue weighted by Gasteiger charge is -2.38. The molecule has 0 saturated carbocycles. The van der Waals surface area contributed by atoms with Crippen LogP contribution in [-0.4, -0.2) is 38.4 Å². The van der Waals surface area contributed by atoms with Crippen molar-refractivity contribution in [1.29, 1.82) is 0 Å². The minimum atomic E-state index is -0.646.